The second-order valence-electron chi connectivity index (χ2n) is 13.4. The molecule has 0 aliphatic carbocycles. The molecule has 15 heteroatoms. The van der Waals surface area contributed by atoms with Crippen LogP contribution in [-0.2, 0) is 41.6 Å². The third-order valence-electron chi connectivity index (χ3n) is 9.18. The number of halogens is 2. The van der Waals surface area contributed by atoms with Crippen LogP contribution < -0.4 is 9.47 Å². The van der Waals surface area contributed by atoms with E-state index in [4.69, 9.17) is 47.9 Å². The first-order valence-corrected chi connectivity index (χ1v) is 34.0. The number of benzene rings is 2. The average molecular weight is 1010 g/mol. The average Bonchev–Trinajstić information content (AvgIpc) is 4.09. The molecular formula is C46H50Br2N4O8Zn. The number of nitrogens with zero attached hydrogens (tertiary/aromatic N) is 4. The molecule has 61 heavy (non-hydrogen) atoms. The number of ether oxygens (including phenoxy) is 8. The van der Waals surface area contributed by atoms with Gasteiger partial charge in [-0.25, -0.2) is 9.97 Å². The van der Waals surface area contributed by atoms with Gasteiger partial charge in [0.25, 0.3) is 0 Å². The molecule has 0 saturated heterocycles. The van der Waals surface area contributed by atoms with Crippen molar-refractivity contribution in [1.82, 2.24) is 19.1 Å². The maximum atomic E-state index is 6.09. The van der Waals surface area contributed by atoms with Crippen LogP contribution in [0.1, 0.15) is 22.8 Å². The minimum absolute atomic E-state index is 0.250. The van der Waals surface area contributed by atoms with E-state index in [9.17, 15) is 0 Å². The predicted molar refractivity (Wildman–Crippen MR) is 245 cm³/mol. The van der Waals surface area contributed by atoms with E-state index in [1.807, 2.05) is 60.7 Å². The Morgan fingerprint density at radius 1 is 0.426 bits per heavy atom. The summed E-state index contributed by atoms with van der Waals surface area (Å²) in [6.07, 6.45) is 8.17. The van der Waals surface area contributed by atoms with Crippen LogP contribution in [0, 0.1) is 0 Å². The SMILES string of the molecule is COCCOCCOCCOc1cccc(-n2c3ccc2cc2nc(cc4ccc(cc5nc(c3)C=C5)n4-c3cccc(OCCOCCOCCOC)c3)C=C2)c1.[Br][Zn][Br]. The summed E-state index contributed by atoms with van der Waals surface area (Å²) in [5.74, 6) is 1.50. The van der Waals surface area contributed by atoms with E-state index < -0.39 is 0 Å². The summed E-state index contributed by atoms with van der Waals surface area (Å²) in [6, 6.07) is 32.9. The van der Waals surface area contributed by atoms with E-state index in [2.05, 4.69) is 97.0 Å². The molecule has 0 unspecified atom stereocenters. The molecule has 5 heterocycles. The van der Waals surface area contributed by atoms with Crippen LogP contribution in [0.25, 0.3) is 57.7 Å². The normalized spacial score (nSPS) is 11.6. The van der Waals surface area contributed by atoms with Crippen molar-refractivity contribution in [2.45, 2.75) is 0 Å². The van der Waals surface area contributed by atoms with Gasteiger partial charge in [-0.15, -0.1) is 0 Å². The van der Waals surface area contributed by atoms with E-state index in [-0.39, 0.29) is 13.2 Å². The Hall–Kier alpha value is -4.02. The number of hydrogen-bond acceptors (Lipinski definition) is 10. The molecular weight excluding hydrogens is 962 g/mol. The third-order valence-corrected chi connectivity index (χ3v) is 9.18. The number of rotatable bonds is 22. The quantitative estimate of drug-likeness (QED) is 0.0482. The Morgan fingerprint density at radius 3 is 1.07 bits per heavy atom. The molecule has 0 fully saturated rings. The Bertz CT molecular complexity index is 2120. The summed E-state index contributed by atoms with van der Waals surface area (Å²) < 4.78 is 48.8. The first-order valence-electron chi connectivity index (χ1n) is 20.1. The first-order chi connectivity index (χ1) is 30.1. The molecule has 5 aromatic rings. The van der Waals surface area contributed by atoms with Crippen molar-refractivity contribution in [2.75, 3.05) is 93.5 Å². The van der Waals surface area contributed by atoms with Gasteiger partial charge in [-0.2, -0.15) is 0 Å². The topological polar surface area (TPSA) is 109 Å². The fourth-order valence-corrected chi connectivity index (χ4v) is 6.49. The van der Waals surface area contributed by atoms with Crippen molar-refractivity contribution in [3.8, 4) is 22.9 Å². The fourth-order valence-electron chi connectivity index (χ4n) is 6.49. The van der Waals surface area contributed by atoms with Gasteiger partial charge in [-0.3, -0.25) is 0 Å². The van der Waals surface area contributed by atoms with E-state index in [0.717, 1.165) is 67.7 Å². The van der Waals surface area contributed by atoms with Crippen LogP contribution >= 0.6 is 27.2 Å². The van der Waals surface area contributed by atoms with Crippen LogP contribution in [0.2, 0.25) is 0 Å². The summed E-state index contributed by atoms with van der Waals surface area (Å²) in [4.78, 5) is 10.0. The Balaban J connectivity index is 0.00000201. The molecule has 8 bridgehead atoms. The van der Waals surface area contributed by atoms with Crippen molar-refractivity contribution in [1.29, 1.82) is 0 Å². The molecule has 7 rings (SSSR count). The van der Waals surface area contributed by atoms with Crippen LogP contribution in [0.5, 0.6) is 11.5 Å². The monoisotopic (exact) mass is 1010 g/mol. The van der Waals surface area contributed by atoms with Crippen molar-refractivity contribution in [3.05, 3.63) is 120 Å². The molecule has 2 aromatic carbocycles. The zero-order valence-electron chi connectivity index (χ0n) is 34.6. The predicted octanol–water partition coefficient (Wildman–Crippen LogP) is 9.39. The van der Waals surface area contributed by atoms with Crippen molar-refractivity contribution < 1.29 is 51.1 Å². The molecule has 2 aliphatic heterocycles. The third kappa shape index (κ3) is 14.5. The second kappa shape index (κ2) is 25.8. The van der Waals surface area contributed by atoms with Crippen molar-refractivity contribution >= 4 is 73.6 Å². The van der Waals surface area contributed by atoms with Crippen molar-refractivity contribution in [3.63, 3.8) is 0 Å². The van der Waals surface area contributed by atoms with E-state index in [1.54, 1.807) is 14.2 Å². The van der Waals surface area contributed by atoms with Crippen LogP contribution in [0.15, 0.2) is 97.1 Å². The summed E-state index contributed by atoms with van der Waals surface area (Å²) in [7, 11) is 3.31. The van der Waals surface area contributed by atoms with Gasteiger partial charge >= 0.3 is 40.5 Å². The molecule has 3 aromatic heterocycles. The molecule has 0 saturated carbocycles. The van der Waals surface area contributed by atoms with Gasteiger partial charge in [-0.1, -0.05) is 12.1 Å². The molecule has 318 valence electrons. The summed E-state index contributed by atoms with van der Waals surface area (Å²) in [6.45, 7) is 6.05. The van der Waals surface area contributed by atoms with Gasteiger partial charge in [0.15, 0.2) is 0 Å². The van der Waals surface area contributed by atoms with Gasteiger partial charge in [0.2, 0.25) is 0 Å². The molecule has 12 nitrogen and oxygen atoms in total. The second-order valence-corrected chi connectivity index (χ2v) is 27.5. The zero-order valence-corrected chi connectivity index (χ0v) is 40.7. The van der Waals surface area contributed by atoms with Crippen molar-refractivity contribution in [2.24, 2.45) is 0 Å². The molecule has 2 aliphatic rings. The van der Waals surface area contributed by atoms with Gasteiger partial charge in [0.1, 0.15) is 24.7 Å². The summed E-state index contributed by atoms with van der Waals surface area (Å²) in [5, 5.41) is 0. The van der Waals surface area contributed by atoms with E-state index in [1.165, 1.54) is 0 Å². The number of methoxy groups -OCH3 is 2. The van der Waals surface area contributed by atoms with Gasteiger partial charge < -0.3 is 47.0 Å². The summed E-state index contributed by atoms with van der Waals surface area (Å²) >= 11 is 6.25. The molecule has 0 spiro atoms. The van der Waals surface area contributed by atoms with Gasteiger partial charge in [0, 0.05) is 59.8 Å². The molecule has 0 atom stereocenters. The zero-order chi connectivity index (χ0) is 42.5. The van der Waals surface area contributed by atoms with Crippen LogP contribution in [0.4, 0.5) is 0 Å². The maximum absolute atomic E-state index is 6.09. The standard InChI is InChI=1S/C46H50N4O8.2BrH.Zn/c1-51-17-19-53-21-23-55-25-27-57-45-7-3-5-39(33-45)49-41-13-14-42(49)30-36-10-12-38(48-36)32-44-16-15-43(31-37-11-9-35(29-41)47-37)50(44)40-6-4-8-46(34-40)58-28-26-56-24-22-54-20-18-52-2;;;/h3-16,29-34H,17-28H2,1-2H3;2*1H;/q;;;+2/p-2. The van der Waals surface area contributed by atoms with E-state index >= 15 is 0 Å². The summed E-state index contributed by atoms with van der Waals surface area (Å²) in [5.41, 5.74) is 9.17. The molecule has 0 radical (unpaired) electrons. The Morgan fingerprint density at radius 2 is 0.738 bits per heavy atom. The first kappa shape index (κ1) is 46.5. The van der Waals surface area contributed by atoms with Gasteiger partial charge in [-0.05, 0) is 97.1 Å². The Kier molecular flexibility index (Phi) is 19.7. The van der Waals surface area contributed by atoms with E-state index in [0.29, 0.717) is 79.3 Å². The fraction of sp³-hybridized carbons (Fsp3) is 0.304. The van der Waals surface area contributed by atoms with Crippen LogP contribution in [-0.4, -0.2) is 113 Å². The Labute approximate surface area is 377 Å². The number of hydrogen-bond donors (Lipinski definition) is 0. The minimum atomic E-state index is -0.250. The van der Waals surface area contributed by atoms with Gasteiger partial charge in [0.05, 0.1) is 88.8 Å². The number of aromatic nitrogens is 4. The molecule has 0 amide bonds. The molecule has 0 N–H and O–H groups in total. The number of fused-ring (bicyclic) bond motifs is 8. The van der Waals surface area contributed by atoms with Crippen LogP contribution in [0.3, 0.4) is 0 Å².